The molecule has 0 saturated carbocycles. The van der Waals surface area contributed by atoms with Crippen LogP contribution in [0.15, 0.2) is 35.7 Å². The van der Waals surface area contributed by atoms with Crippen LogP contribution in [0.5, 0.6) is 5.75 Å². The summed E-state index contributed by atoms with van der Waals surface area (Å²) in [4.78, 5) is 1.20. The second kappa shape index (κ2) is 15.3. The van der Waals surface area contributed by atoms with Crippen molar-refractivity contribution in [1.82, 2.24) is 0 Å². The minimum absolute atomic E-state index is 0.190. The molecule has 7 heteroatoms. The zero-order valence-electron chi connectivity index (χ0n) is 31.5. The summed E-state index contributed by atoms with van der Waals surface area (Å²) < 4.78 is 19.8. The van der Waals surface area contributed by atoms with E-state index in [9.17, 15) is 5.11 Å². The standard InChI is InChI=1S/C38H66O4SSi2/c1-16-27(21-22-35(10,11)38(39,17-2)18-3)28-23-30(43-26-28)25-40-29-19-20-31(36(12,13)41-44-33(4,5)6)32(24-29)37(14,15)42-45-34(7,8)9/h19-21,23-24,26,39H,16-18,22,25,44-45H2,1-15H3. The van der Waals surface area contributed by atoms with Crippen molar-refractivity contribution in [2.45, 2.75) is 163 Å². The average molecular weight is 675 g/mol. The van der Waals surface area contributed by atoms with Gasteiger partial charge in [-0.15, -0.1) is 11.3 Å². The van der Waals surface area contributed by atoms with Gasteiger partial charge in [-0.05, 0) is 115 Å². The maximum Gasteiger partial charge on any atom is 0.168 e. The number of ether oxygens (including phenoxy) is 1. The smallest absolute Gasteiger partial charge is 0.168 e. The van der Waals surface area contributed by atoms with Gasteiger partial charge in [0.1, 0.15) is 12.4 Å². The van der Waals surface area contributed by atoms with Crippen molar-refractivity contribution in [3.8, 4) is 5.75 Å². The Morgan fingerprint density at radius 2 is 1.31 bits per heavy atom. The zero-order chi connectivity index (χ0) is 34.5. The van der Waals surface area contributed by atoms with Crippen LogP contribution in [-0.2, 0) is 26.7 Å². The van der Waals surface area contributed by atoms with Gasteiger partial charge < -0.3 is 18.7 Å². The molecular weight excluding hydrogens is 609 g/mol. The van der Waals surface area contributed by atoms with Gasteiger partial charge in [0.05, 0.1) is 16.8 Å². The average Bonchev–Trinajstić information content (AvgIpc) is 3.41. The second-order valence-corrected chi connectivity index (χ2v) is 23.3. The summed E-state index contributed by atoms with van der Waals surface area (Å²) in [6.45, 7) is 33.7. The predicted molar refractivity (Wildman–Crippen MR) is 202 cm³/mol. The Morgan fingerprint density at radius 1 is 0.778 bits per heavy atom. The van der Waals surface area contributed by atoms with E-state index in [-0.39, 0.29) is 15.5 Å². The summed E-state index contributed by atoms with van der Waals surface area (Å²) >= 11 is 1.75. The molecule has 0 spiro atoms. The largest absolute Gasteiger partial charge is 0.488 e. The van der Waals surface area contributed by atoms with Crippen LogP contribution in [0.4, 0.5) is 0 Å². The maximum absolute atomic E-state index is 11.2. The van der Waals surface area contributed by atoms with E-state index in [4.69, 9.17) is 13.6 Å². The van der Waals surface area contributed by atoms with E-state index < -0.39 is 36.3 Å². The Kier molecular flexibility index (Phi) is 13.6. The van der Waals surface area contributed by atoms with Gasteiger partial charge in [0.2, 0.25) is 0 Å². The van der Waals surface area contributed by atoms with E-state index in [0.717, 1.165) is 37.0 Å². The third-order valence-corrected chi connectivity index (χ3v) is 13.5. The first-order valence-corrected chi connectivity index (χ1v) is 20.5. The number of hydrogen-bond acceptors (Lipinski definition) is 5. The lowest BCUT2D eigenvalue weighted by Gasteiger charge is -2.41. The highest BCUT2D eigenvalue weighted by Gasteiger charge is 2.39. The van der Waals surface area contributed by atoms with Crippen molar-refractivity contribution in [3.63, 3.8) is 0 Å². The fourth-order valence-corrected chi connectivity index (χ4v) is 8.33. The van der Waals surface area contributed by atoms with Crippen LogP contribution in [0.3, 0.4) is 0 Å². The van der Waals surface area contributed by atoms with E-state index in [2.05, 4.69) is 140 Å². The molecule has 0 unspecified atom stereocenters. The Labute approximate surface area is 285 Å². The van der Waals surface area contributed by atoms with Crippen molar-refractivity contribution in [3.05, 3.63) is 57.3 Å². The lowest BCUT2D eigenvalue weighted by Crippen LogP contribution is -2.43. The molecule has 2 rings (SSSR count). The molecule has 0 fully saturated rings. The first-order chi connectivity index (χ1) is 20.5. The topological polar surface area (TPSA) is 47.9 Å². The molecule has 0 saturated heterocycles. The van der Waals surface area contributed by atoms with Crippen LogP contribution >= 0.6 is 11.3 Å². The highest BCUT2D eigenvalue weighted by Crippen LogP contribution is 2.42. The van der Waals surface area contributed by atoms with E-state index in [0.29, 0.717) is 6.61 Å². The number of hydrogen-bond donors (Lipinski definition) is 1. The number of rotatable bonds is 16. The molecule has 0 aliphatic heterocycles. The summed E-state index contributed by atoms with van der Waals surface area (Å²) in [6.07, 6.45) is 5.67. The van der Waals surface area contributed by atoms with Crippen molar-refractivity contribution in [1.29, 1.82) is 0 Å². The van der Waals surface area contributed by atoms with Gasteiger partial charge in [0.25, 0.3) is 0 Å². The Hall–Kier alpha value is -1.23. The molecule has 2 aromatic rings. The molecule has 0 aliphatic rings. The number of allylic oxidation sites excluding steroid dienone is 2. The summed E-state index contributed by atoms with van der Waals surface area (Å²) in [5, 5.41) is 13.8. The van der Waals surface area contributed by atoms with Crippen LogP contribution < -0.4 is 4.74 Å². The van der Waals surface area contributed by atoms with Gasteiger partial charge in [0, 0.05) is 4.88 Å². The van der Waals surface area contributed by atoms with Crippen molar-refractivity contribution >= 4 is 36.4 Å². The Bertz CT molecular complexity index is 1260. The fraction of sp³-hybridized carbons (Fsp3) is 0.684. The lowest BCUT2D eigenvalue weighted by molar-refractivity contribution is -0.0716. The zero-order valence-corrected chi connectivity index (χ0v) is 35.1. The lowest BCUT2D eigenvalue weighted by atomic mass is 9.69. The van der Waals surface area contributed by atoms with Gasteiger partial charge >= 0.3 is 0 Å². The number of thiophene rings is 1. The molecule has 45 heavy (non-hydrogen) atoms. The molecule has 0 bridgehead atoms. The summed E-state index contributed by atoms with van der Waals surface area (Å²) in [5.74, 6) is 0.855. The maximum atomic E-state index is 11.2. The quantitative estimate of drug-likeness (QED) is 0.180. The highest BCUT2D eigenvalue weighted by atomic mass is 32.1. The minimum atomic E-state index is -0.780. The third-order valence-electron chi connectivity index (χ3n) is 9.10. The molecule has 1 aromatic heterocycles. The summed E-state index contributed by atoms with van der Waals surface area (Å²) in [7, 11) is -1.53. The number of aliphatic hydroxyl groups is 1. The molecule has 1 aromatic carbocycles. The molecule has 0 radical (unpaired) electrons. The van der Waals surface area contributed by atoms with Crippen LogP contribution in [0.2, 0.25) is 10.1 Å². The second-order valence-electron chi connectivity index (χ2n) is 16.9. The van der Waals surface area contributed by atoms with E-state index in [1.54, 1.807) is 11.3 Å². The Morgan fingerprint density at radius 3 is 1.80 bits per heavy atom. The molecule has 1 heterocycles. The molecule has 0 aliphatic carbocycles. The van der Waals surface area contributed by atoms with Gasteiger partial charge in [-0.3, -0.25) is 0 Å². The van der Waals surface area contributed by atoms with Crippen LogP contribution in [0.1, 0.15) is 151 Å². The van der Waals surface area contributed by atoms with Gasteiger partial charge in [0.15, 0.2) is 19.5 Å². The van der Waals surface area contributed by atoms with Crippen molar-refractivity contribution < 1.29 is 18.7 Å². The van der Waals surface area contributed by atoms with Crippen LogP contribution in [-0.4, -0.2) is 30.2 Å². The monoisotopic (exact) mass is 674 g/mol. The molecule has 0 atom stereocenters. The highest BCUT2D eigenvalue weighted by molar-refractivity contribution is 7.10. The predicted octanol–water partition coefficient (Wildman–Crippen LogP) is 10.2. The Balaban J connectivity index is 2.33. The number of benzene rings is 1. The molecule has 1 N–H and O–H groups in total. The van der Waals surface area contributed by atoms with E-state index >= 15 is 0 Å². The molecule has 256 valence electrons. The SMILES string of the molecule is CCC(=CCC(C)(C)C(O)(CC)CC)c1csc(COc2ccc(C(C)(C)O[SiH2]C(C)(C)C)c(C(C)(C)O[SiH2]C(C)(C)C)c2)c1. The third kappa shape index (κ3) is 11.5. The van der Waals surface area contributed by atoms with Crippen molar-refractivity contribution in [2.24, 2.45) is 5.41 Å². The van der Waals surface area contributed by atoms with Crippen molar-refractivity contribution in [2.75, 3.05) is 0 Å². The van der Waals surface area contributed by atoms with Gasteiger partial charge in [-0.1, -0.05) is 88.3 Å². The van der Waals surface area contributed by atoms with Gasteiger partial charge in [-0.2, -0.15) is 0 Å². The molecule has 4 nitrogen and oxygen atoms in total. The van der Waals surface area contributed by atoms with Crippen LogP contribution in [0, 0.1) is 5.41 Å². The van der Waals surface area contributed by atoms with E-state index in [1.807, 2.05) is 0 Å². The normalized spacial score (nSPS) is 14.8. The van der Waals surface area contributed by atoms with Gasteiger partial charge in [-0.25, -0.2) is 0 Å². The fourth-order valence-electron chi connectivity index (χ4n) is 5.61. The first kappa shape index (κ1) is 40.0. The molecule has 0 amide bonds. The minimum Gasteiger partial charge on any atom is -0.488 e. The van der Waals surface area contributed by atoms with Crippen LogP contribution in [0.25, 0.3) is 5.57 Å². The molecular formula is C38H66O4SSi2. The first-order valence-electron chi connectivity index (χ1n) is 17.0. The summed E-state index contributed by atoms with van der Waals surface area (Å²) in [6, 6.07) is 8.74. The van der Waals surface area contributed by atoms with E-state index in [1.165, 1.54) is 21.6 Å². The summed E-state index contributed by atoms with van der Waals surface area (Å²) in [5.41, 5.74) is 3.19.